The first-order valence-electron chi connectivity index (χ1n) is 11.5. The highest BCUT2D eigenvalue weighted by molar-refractivity contribution is 8.29. The molecule has 6 fully saturated rings. The van der Waals surface area contributed by atoms with Crippen LogP contribution in [0.2, 0.25) is 0 Å². The van der Waals surface area contributed by atoms with Crippen LogP contribution in [0.1, 0.15) is 54.4 Å². The van der Waals surface area contributed by atoms with Crippen LogP contribution in [0.4, 0.5) is 0 Å². The maximum absolute atomic E-state index is 7.75. The smallest absolute Gasteiger partial charge is 0.181 e. The van der Waals surface area contributed by atoms with Crippen molar-refractivity contribution in [3.8, 4) is 0 Å². The maximum Gasteiger partial charge on any atom is 0.181 e. The molecule has 0 bridgehead atoms. The van der Waals surface area contributed by atoms with Crippen LogP contribution in [-0.2, 0) is 4.74 Å². The molecule has 0 spiro atoms. The van der Waals surface area contributed by atoms with E-state index in [1.807, 2.05) is 0 Å². The minimum Gasteiger partial charge on any atom is -0.325 e. The molecule has 9 heteroatoms. The Hall–Kier alpha value is 2.76. The van der Waals surface area contributed by atoms with E-state index in [-0.39, 0.29) is 18.0 Å². The molecule has 0 saturated carbocycles. The van der Waals surface area contributed by atoms with Crippen LogP contribution in [0.3, 0.4) is 0 Å². The first kappa shape index (κ1) is 24.1. The van der Waals surface area contributed by atoms with Crippen molar-refractivity contribution in [1.82, 2.24) is 0 Å². The zero-order chi connectivity index (χ0) is 22.0. The van der Waals surface area contributed by atoms with Crippen molar-refractivity contribution < 1.29 is 4.74 Å². The molecule has 6 atom stereocenters. The van der Waals surface area contributed by atoms with Crippen molar-refractivity contribution in [3.05, 3.63) is 0 Å². The molecule has 0 aromatic rings. The van der Waals surface area contributed by atoms with Crippen LogP contribution in [0.25, 0.3) is 0 Å². The Balaban J connectivity index is 1.39. The van der Waals surface area contributed by atoms with Crippen molar-refractivity contribution in [1.29, 1.82) is 0 Å². The van der Waals surface area contributed by atoms with E-state index in [1.165, 1.54) is 47.4 Å². The molecule has 176 valence electrons. The molecule has 6 aliphatic rings. The third-order valence-corrected chi connectivity index (χ3v) is 22.4. The van der Waals surface area contributed by atoms with Crippen molar-refractivity contribution in [2.45, 2.75) is 91.4 Å². The fourth-order valence-corrected chi connectivity index (χ4v) is 19.9. The van der Waals surface area contributed by atoms with Gasteiger partial charge in [-0.25, -0.2) is 0 Å². The second kappa shape index (κ2) is 7.20. The summed E-state index contributed by atoms with van der Waals surface area (Å²) in [5.74, 6) is 7.65. The van der Waals surface area contributed by atoms with Crippen molar-refractivity contribution >= 4 is 94.1 Å². The maximum atomic E-state index is 7.75. The third-order valence-electron chi connectivity index (χ3n) is 7.90. The standard InChI is InChI=1S/C22H34OS8/c1-7-9-24-21(19(30-21,15(3)11-26-15)16(4)12-27-16)23-22(25-10-8-2)20(31-22,17(5)13-28-17)18(6)14-29-18/h7-14H2,1-6H3. The van der Waals surface area contributed by atoms with Gasteiger partial charge in [-0.2, -0.15) is 47.0 Å². The molecule has 31 heavy (non-hydrogen) atoms. The van der Waals surface area contributed by atoms with Gasteiger partial charge in [0.2, 0.25) is 0 Å². The van der Waals surface area contributed by atoms with Crippen LogP contribution < -0.4 is 0 Å². The number of ether oxygens (including phenoxy) is 1. The second-order valence-electron chi connectivity index (χ2n) is 10.6. The summed E-state index contributed by atoms with van der Waals surface area (Å²) in [5, 5.41) is 0. The van der Waals surface area contributed by atoms with Gasteiger partial charge in [0.25, 0.3) is 0 Å². The average molecular weight is 571 g/mol. The van der Waals surface area contributed by atoms with E-state index in [0.29, 0.717) is 19.0 Å². The summed E-state index contributed by atoms with van der Waals surface area (Å²) < 4.78 is 9.65. The predicted molar refractivity (Wildman–Crippen MR) is 156 cm³/mol. The van der Waals surface area contributed by atoms with E-state index < -0.39 is 0 Å². The molecular weight excluding hydrogens is 537 g/mol. The fraction of sp³-hybridized carbons (Fsp3) is 1.00. The summed E-state index contributed by atoms with van der Waals surface area (Å²) in [5.41, 5.74) is 0. The first-order chi connectivity index (χ1) is 14.6. The van der Waals surface area contributed by atoms with E-state index in [9.17, 15) is 0 Å². The molecule has 6 aliphatic heterocycles. The van der Waals surface area contributed by atoms with Crippen molar-refractivity contribution in [3.63, 3.8) is 0 Å². The van der Waals surface area contributed by atoms with Crippen LogP contribution in [0, 0.1) is 0 Å². The van der Waals surface area contributed by atoms with Crippen LogP contribution >= 0.6 is 94.1 Å². The molecule has 0 amide bonds. The van der Waals surface area contributed by atoms with Gasteiger partial charge in [0, 0.05) is 42.0 Å². The van der Waals surface area contributed by atoms with Gasteiger partial charge in [-0.1, -0.05) is 37.4 Å². The molecule has 0 N–H and O–H groups in total. The van der Waals surface area contributed by atoms with E-state index in [1.54, 1.807) is 0 Å². The normalized spacial score (nSPS) is 60.6. The Morgan fingerprint density at radius 1 is 0.613 bits per heavy atom. The lowest BCUT2D eigenvalue weighted by molar-refractivity contribution is 0.0401. The zero-order valence-corrected chi connectivity index (χ0v) is 25.9. The summed E-state index contributed by atoms with van der Waals surface area (Å²) >= 11 is 17.6. The van der Waals surface area contributed by atoms with Gasteiger partial charge in [-0.05, 0) is 52.0 Å². The first-order valence-corrected chi connectivity index (χ1v) is 19.1. The van der Waals surface area contributed by atoms with Gasteiger partial charge >= 0.3 is 0 Å². The Bertz CT molecular complexity index is 686. The summed E-state index contributed by atoms with van der Waals surface area (Å²) in [4.78, 5) is 0. The lowest BCUT2D eigenvalue weighted by Crippen LogP contribution is -2.52. The summed E-state index contributed by atoms with van der Waals surface area (Å²) in [6.07, 6.45) is 2.46. The number of rotatable bonds is 12. The minimum absolute atomic E-state index is 0.0686. The minimum atomic E-state index is -0.0686. The molecule has 1 nitrogen and oxygen atoms in total. The van der Waals surface area contributed by atoms with Gasteiger partial charge in [0.15, 0.2) is 8.53 Å². The quantitative estimate of drug-likeness (QED) is 0.172. The van der Waals surface area contributed by atoms with E-state index in [0.717, 1.165) is 0 Å². The van der Waals surface area contributed by atoms with Gasteiger partial charge < -0.3 is 4.74 Å². The summed E-state index contributed by atoms with van der Waals surface area (Å²) in [6, 6.07) is 0. The molecule has 0 aliphatic carbocycles. The highest BCUT2D eigenvalue weighted by atomic mass is 32.2. The fourth-order valence-electron chi connectivity index (χ4n) is 5.60. The highest BCUT2D eigenvalue weighted by Gasteiger charge is 2.95. The zero-order valence-electron chi connectivity index (χ0n) is 19.3. The van der Waals surface area contributed by atoms with Crippen LogP contribution in [0.5, 0.6) is 0 Å². The summed E-state index contributed by atoms with van der Waals surface area (Å²) in [6.45, 7) is 14.8. The van der Waals surface area contributed by atoms with Gasteiger partial charge in [-0.3, -0.25) is 0 Å². The topological polar surface area (TPSA) is 9.23 Å². The summed E-state index contributed by atoms with van der Waals surface area (Å²) in [7, 11) is 0. The van der Waals surface area contributed by atoms with Crippen molar-refractivity contribution in [2.75, 3.05) is 34.5 Å². The number of thioether (sulfide) groups is 8. The van der Waals surface area contributed by atoms with Gasteiger partial charge in [-0.15, -0.1) is 23.5 Å². The molecule has 6 saturated heterocycles. The molecule has 0 radical (unpaired) electrons. The predicted octanol–water partition coefficient (Wildman–Crippen LogP) is 7.59. The average Bonchev–Trinajstić information content (AvgIpc) is 3.54. The monoisotopic (exact) mass is 570 g/mol. The van der Waals surface area contributed by atoms with Gasteiger partial charge in [0.05, 0.1) is 9.49 Å². The molecule has 0 aromatic heterocycles. The SMILES string of the molecule is CCCSC1(OC2(SCCC)SC2(C2(C)CS2)C2(C)CS2)SC1(C1(C)CS1)C1(C)CS1. The Kier molecular flexibility index (Phi) is 5.60. The lowest BCUT2D eigenvalue weighted by atomic mass is 9.84. The molecule has 6 rings (SSSR count). The van der Waals surface area contributed by atoms with E-state index >= 15 is 0 Å². The van der Waals surface area contributed by atoms with Crippen molar-refractivity contribution in [2.24, 2.45) is 0 Å². The number of hydrogen-bond donors (Lipinski definition) is 0. The van der Waals surface area contributed by atoms with Crippen LogP contribution in [-0.4, -0.2) is 71.5 Å². The highest BCUT2D eigenvalue weighted by Crippen LogP contribution is 2.94. The molecule has 6 unspecified atom stereocenters. The number of hydrogen-bond acceptors (Lipinski definition) is 9. The largest absolute Gasteiger partial charge is 0.325 e. The lowest BCUT2D eigenvalue weighted by Gasteiger charge is -2.37. The molecule has 0 aromatic carbocycles. The Labute approximate surface area is 222 Å². The van der Waals surface area contributed by atoms with E-state index in [2.05, 4.69) is 136 Å². The molecule has 6 heterocycles. The van der Waals surface area contributed by atoms with E-state index in [4.69, 9.17) is 4.74 Å². The molecular formula is C22H34OS8. The Morgan fingerprint density at radius 2 is 0.903 bits per heavy atom. The third kappa shape index (κ3) is 3.05. The van der Waals surface area contributed by atoms with Crippen LogP contribution in [0.15, 0.2) is 0 Å². The second-order valence-corrected chi connectivity index (χ2v) is 22.3. The Morgan fingerprint density at radius 3 is 1.13 bits per heavy atom. The van der Waals surface area contributed by atoms with Gasteiger partial charge in [0.1, 0.15) is 0 Å².